The first-order valence-corrected chi connectivity index (χ1v) is 6.28. The topological polar surface area (TPSA) is 111 Å². The van der Waals surface area contributed by atoms with E-state index in [1.165, 1.54) is 0 Å². The van der Waals surface area contributed by atoms with E-state index in [-0.39, 0.29) is 0 Å². The smallest absolute Gasteiger partial charge is 0.157 e. The number of nitrogens with one attached hydrogen (secondary N) is 1. The molecule has 0 radical (unpaired) electrons. The molecule has 7 heteroatoms. The Morgan fingerprint density at radius 3 is 2.45 bits per heavy atom. The van der Waals surface area contributed by atoms with E-state index in [1.54, 1.807) is 31.4 Å². The monoisotopic (exact) mass is 285 g/mol. The molecule has 0 aliphatic carbocycles. The highest BCUT2D eigenvalue weighted by Gasteiger charge is 2.45. The van der Waals surface area contributed by atoms with Crippen LogP contribution in [0.1, 0.15) is 0 Å². The van der Waals surface area contributed by atoms with Crippen molar-refractivity contribution >= 4 is 5.69 Å². The molecule has 1 fully saturated rings. The van der Waals surface area contributed by atoms with Gasteiger partial charge in [-0.25, -0.2) is 0 Å². The number of aliphatic hydroxyl groups is 4. The summed E-state index contributed by atoms with van der Waals surface area (Å²) in [6.07, 6.45) is -5.63. The Morgan fingerprint density at radius 1 is 1.25 bits per heavy atom. The highest BCUT2D eigenvalue weighted by atomic mass is 16.6. The molecule has 0 unspecified atom stereocenters. The average Bonchev–Trinajstić information content (AvgIpc) is 2.76. The van der Waals surface area contributed by atoms with Crippen LogP contribution in [0.3, 0.4) is 0 Å². The number of methoxy groups -OCH3 is 1. The summed E-state index contributed by atoms with van der Waals surface area (Å²) in [5.74, 6) is 0.692. The van der Waals surface area contributed by atoms with E-state index in [1.807, 2.05) is 0 Å². The number of aliphatic hydroxyl groups excluding tert-OH is 4. The first-order valence-electron chi connectivity index (χ1n) is 6.28. The second kappa shape index (κ2) is 6.38. The summed E-state index contributed by atoms with van der Waals surface area (Å²) in [6, 6.07) is 6.94. The van der Waals surface area contributed by atoms with Crippen molar-refractivity contribution in [2.75, 3.05) is 19.0 Å². The van der Waals surface area contributed by atoms with Crippen molar-refractivity contribution in [1.82, 2.24) is 0 Å². The van der Waals surface area contributed by atoms with Crippen LogP contribution in [-0.2, 0) is 4.74 Å². The molecule has 0 saturated carbocycles. The van der Waals surface area contributed by atoms with Gasteiger partial charge in [-0.1, -0.05) is 0 Å². The molecule has 1 saturated heterocycles. The van der Waals surface area contributed by atoms with Crippen LogP contribution in [-0.4, -0.2) is 64.8 Å². The Labute approximate surface area is 116 Å². The van der Waals surface area contributed by atoms with Crippen LogP contribution in [0.2, 0.25) is 0 Å². The van der Waals surface area contributed by atoms with Crippen molar-refractivity contribution in [2.45, 2.75) is 30.6 Å². The lowest BCUT2D eigenvalue weighted by Gasteiger charge is -2.19. The summed E-state index contributed by atoms with van der Waals surface area (Å²) in [5.41, 5.74) is 0.668. The Balaban J connectivity index is 2.02. The fourth-order valence-corrected chi connectivity index (χ4v) is 2.10. The largest absolute Gasteiger partial charge is 0.497 e. The number of ether oxygens (including phenoxy) is 2. The Bertz CT molecular complexity index is 425. The van der Waals surface area contributed by atoms with Crippen LogP contribution in [0.5, 0.6) is 5.75 Å². The fourth-order valence-electron chi connectivity index (χ4n) is 2.10. The minimum Gasteiger partial charge on any atom is -0.497 e. The normalized spacial score (nSPS) is 31.1. The van der Waals surface area contributed by atoms with Crippen LogP contribution in [0.15, 0.2) is 24.3 Å². The van der Waals surface area contributed by atoms with Crippen LogP contribution in [0.25, 0.3) is 0 Å². The van der Waals surface area contributed by atoms with Gasteiger partial charge in [0.15, 0.2) is 6.23 Å². The molecular weight excluding hydrogens is 266 g/mol. The number of rotatable bonds is 5. The van der Waals surface area contributed by atoms with Crippen molar-refractivity contribution in [3.05, 3.63) is 24.3 Å². The van der Waals surface area contributed by atoms with Crippen molar-refractivity contribution in [2.24, 2.45) is 0 Å². The van der Waals surface area contributed by atoms with Gasteiger partial charge in [-0.15, -0.1) is 0 Å². The van der Waals surface area contributed by atoms with Crippen LogP contribution in [0.4, 0.5) is 5.69 Å². The Hall–Kier alpha value is -1.38. The quantitative estimate of drug-likeness (QED) is 0.467. The predicted molar refractivity (Wildman–Crippen MR) is 70.4 cm³/mol. The van der Waals surface area contributed by atoms with E-state index >= 15 is 0 Å². The van der Waals surface area contributed by atoms with Gasteiger partial charge in [0.25, 0.3) is 0 Å². The molecule has 5 atom stereocenters. The minimum atomic E-state index is -1.27. The van der Waals surface area contributed by atoms with Crippen LogP contribution < -0.4 is 10.1 Å². The molecule has 1 aliphatic rings. The van der Waals surface area contributed by atoms with Crippen LogP contribution >= 0.6 is 0 Å². The third-order valence-electron chi connectivity index (χ3n) is 3.27. The number of benzene rings is 1. The van der Waals surface area contributed by atoms with E-state index < -0.39 is 37.3 Å². The van der Waals surface area contributed by atoms with Crippen LogP contribution in [0, 0.1) is 0 Å². The zero-order valence-corrected chi connectivity index (χ0v) is 11.0. The standard InChI is InChI=1S/C13H19NO6/c1-19-8-4-2-7(3-5-8)14-13-11(18)10(17)12(20-13)9(16)6-15/h2-5,9-18H,6H2,1H3/t9-,10+,11+,12-,13-/m1/s1. The van der Waals surface area contributed by atoms with E-state index in [2.05, 4.69) is 5.32 Å². The van der Waals surface area contributed by atoms with Gasteiger partial charge in [-0.2, -0.15) is 0 Å². The SMILES string of the molecule is COc1ccc(N[C@@H]2O[C@H]([C@H](O)CO)[C@@H](O)[C@@H]2O)cc1. The molecule has 0 bridgehead atoms. The lowest BCUT2D eigenvalue weighted by Crippen LogP contribution is -2.40. The Kier molecular flexibility index (Phi) is 4.79. The summed E-state index contributed by atoms with van der Waals surface area (Å²) in [4.78, 5) is 0. The maximum absolute atomic E-state index is 9.88. The summed E-state index contributed by atoms with van der Waals surface area (Å²) >= 11 is 0. The molecule has 1 aliphatic heterocycles. The Morgan fingerprint density at radius 2 is 1.90 bits per heavy atom. The lowest BCUT2D eigenvalue weighted by molar-refractivity contribution is -0.0774. The van der Waals surface area contributed by atoms with E-state index in [4.69, 9.17) is 14.6 Å². The number of hydrogen-bond donors (Lipinski definition) is 5. The molecule has 5 N–H and O–H groups in total. The molecule has 1 aromatic carbocycles. The van der Waals surface area contributed by atoms with Crippen molar-refractivity contribution in [3.8, 4) is 5.75 Å². The van der Waals surface area contributed by atoms with Gasteiger partial charge in [0, 0.05) is 5.69 Å². The van der Waals surface area contributed by atoms with Gasteiger partial charge in [0.2, 0.25) is 0 Å². The highest BCUT2D eigenvalue weighted by Crippen LogP contribution is 2.26. The highest BCUT2D eigenvalue weighted by molar-refractivity contribution is 5.47. The van der Waals surface area contributed by atoms with Crippen molar-refractivity contribution in [1.29, 1.82) is 0 Å². The maximum atomic E-state index is 9.88. The predicted octanol–water partition coefficient (Wildman–Crippen LogP) is -1.09. The lowest BCUT2D eigenvalue weighted by atomic mass is 10.1. The third-order valence-corrected chi connectivity index (χ3v) is 3.27. The summed E-state index contributed by atoms with van der Waals surface area (Å²) in [5, 5.41) is 40.9. The van der Waals surface area contributed by atoms with E-state index in [0.29, 0.717) is 11.4 Å². The zero-order valence-electron chi connectivity index (χ0n) is 11.0. The molecule has 1 heterocycles. The molecule has 2 rings (SSSR count). The van der Waals surface area contributed by atoms with Gasteiger partial charge in [0.05, 0.1) is 13.7 Å². The van der Waals surface area contributed by atoms with Gasteiger partial charge in [-0.05, 0) is 24.3 Å². The van der Waals surface area contributed by atoms with Gasteiger partial charge >= 0.3 is 0 Å². The molecule has 0 amide bonds. The zero-order chi connectivity index (χ0) is 14.7. The molecule has 1 aromatic rings. The summed E-state index contributed by atoms with van der Waals surface area (Å²) < 4.78 is 10.4. The first-order chi connectivity index (χ1) is 9.56. The van der Waals surface area contributed by atoms with Crippen molar-refractivity contribution < 1.29 is 29.9 Å². The first kappa shape index (κ1) is 15.0. The molecule has 7 nitrogen and oxygen atoms in total. The average molecular weight is 285 g/mol. The fraction of sp³-hybridized carbons (Fsp3) is 0.538. The van der Waals surface area contributed by atoms with E-state index in [9.17, 15) is 15.3 Å². The molecule has 0 spiro atoms. The number of anilines is 1. The molecule has 112 valence electrons. The summed E-state index contributed by atoms with van der Waals surface area (Å²) in [6.45, 7) is -0.552. The van der Waals surface area contributed by atoms with E-state index in [0.717, 1.165) is 0 Å². The number of hydrogen-bond acceptors (Lipinski definition) is 7. The molecule has 0 aromatic heterocycles. The summed E-state index contributed by atoms with van der Waals surface area (Å²) in [7, 11) is 1.56. The second-order valence-electron chi connectivity index (χ2n) is 4.63. The molecular formula is C13H19NO6. The van der Waals surface area contributed by atoms with Gasteiger partial charge in [0.1, 0.15) is 30.2 Å². The van der Waals surface area contributed by atoms with Gasteiger partial charge in [-0.3, -0.25) is 0 Å². The third kappa shape index (κ3) is 3.02. The molecule has 20 heavy (non-hydrogen) atoms. The second-order valence-corrected chi connectivity index (χ2v) is 4.63. The maximum Gasteiger partial charge on any atom is 0.157 e. The van der Waals surface area contributed by atoms with Gasteiger partial charge < -0.3 is 35.2 Å². The van der Waals surface area contributed by atoms with Crippen molar-refractivity contribution in [3.63, 3.8) is 0 Å². The minimum absolute atomic E-state index is 0.552.